The summed E-state index contributed by atoms with van der Waals surface area (Å²) >= 11 is 0. The highest BCUT2D eigenvalue weighted by molar-refractivity contribution is 5.74. The van der Waals surface area contributed by atoms with Gasteiger partial charge in [0.1, 0.15) is 0 Å². The molecule has 0 saturated carbocycles. The van der Waals surface area contributed by atoms with E-state index in [0.29, 0.717) is 26.2 Å². The number of urea groups is 1. The van der Waals surface area contributed by atoms with E-state index in [2.05, 4.69) is 27.3 Å². The summed E-state index contributed by atoms with van der Waals surface area (Å²) in [5.41, 5.74) is 2.17. The van der Waals surface area contributed by atoms with Crippen molar-refractivity contribution >= 4 is 6.03 Å². The molecule has 0 spiro atoms. The largest absolute Gasteiger partial charge is 0.383 e. The van der Waals surface area contributed by atoms with Crippen molar-refractivity contribution in [3.05, 3.63) is 66.0 Å². The lowest BCUT2D eigenvalue weighted by Gasteiger charge is -2.28. The van der Waals surface area contributed by atoms with Crippen molar-refractivity contribution in [3.8, 4) is 0 Å². The van der Waals surface area contributed by atoms with E-state index in [0.717, 1.165) is 5.56 Å². The first-order valence-electron chi connectivity index (χ1n) is 8.73. The van der Waals surface area contributed by atoms with Gasteiger partial charge < -0.3 is 19.9 Å². The van der Waals surface area contributed by atoms with E-state index >= 15 is 0 Å². The number of amides is 2. The van der Waals surface area contributed by atoms with Crippen LogP contribution < -0.4 is 5.32 Å². The third-order valence-corrected chi connectivity index (χ3v) is 4.20. The molecule has 2 rings (SSSR count). The third kappa shape index (κ3) is 6.13. The average molecular weight is 356 g/mol. The maximum Gasteiger partial charge on any atom is 0.317 e. The Morgan fingerprint density at radius 1 is 1.19 bits per heavy atom. The average Bonchev–Trinajstić information content (AvgIpc) is 2.66. The molecular weight excluding hydrogens is 328 g/mol. The molecule has 2 aromatic rings. The zero-order chi connectivity index (χ0) is 18.8. The van der Waals surface area contributed by atoms with E-state index < -0.39 is 0 Å². The number of nitrogens with zero attached hydrogens (tertiary/aromatic N) is 3. The number of hydrogen-bond acceptors (Lipinski definition) is 4. The van der Waals surface area contributed by atoms with Gasteiger partial charge in [-0.3, -0.25) is 4.98 Å². The second-order valence-corrected chi connectivity index (χ2v) is 6.35. The van der Waals surface area contributed by atoms with Crippen LogP contribution in [0.5, 0.6) is 0 Å². The fraction of sp³-hybridized carbons (Fsp3) is 0.400. The molecule has 1 N–H and O–H groups in total. The van der Waals surface area contributed by atoms with E-state index in [1.165, 1.54) is 5.56 Å². The van der Waals surface area contributed by atoms with Crippen LogP contribution in [0, 0.1) is 0 Å². The van der Waals surface area contributed by atoms with Crippen LogP contribution in [0.15, 0.2) is 54.9 Å². The maximum atomic E-state index is 12.7. The van der Waals surface area contributed by atoms with E-state index in [1.807, 2.05) is 44.4 Å². The number of carbonyl (C=O) groups excluding carboxylic acids is 1. The number of rotatable bonds is 9. The normalized spacial score (nSPS) is 12.0. The van der Waals surface area contributed by atoms with Crippen LogP contribution in [0.25, 0.3) is 0 Å². The van der Waals surface area contributed by atoms with Crippen LogP contribution in [0.1, 0.15) is 17.2 Å². The molecule has 0 radical (unpaired) electrons. The highest BCUT2D eigenvalue weighted by Crippen LogP contribution is 2.16. The number of pyridine rings is 1. The first-order valence-corrected chi connectivity index (χ1v) is 8.73. The SMILES string of the molecule is COCCN(Cc1cccnc1)C(=O)NCC(c1ccccc1)N(C)C. The van der Waals surface area contributed by atoms with Gasteiger partial charge in [-0.2, -0.15) is 0 Å². The summed E-state index contributed by atoms with van der Waals surface area (Å²) in [6.07, 6.45) is 3.50. The van der Waals surface area contributed by atoms with Crippen molar-refractivity contribution in [2.24, 2.45) is 0 Å². The Kier molecular flexibility index (Phi) is 8.05. The topological polar surface area (TPSA) is 57.7 Å². The third-order valence-electron chi connectivity index (χ3n) is 4.20. The highest BCUT2D eigenvalue weighted by Gasteiger charge is 2.18. The number of carbonyl (C=O) groups is 1. The monoisotopic (exact) mass is 356 g/mol. The Morgan fingerprint density at radius 3 is 2.58 bits per heavy atom. The van der Waals surface area contributed by atoms with Crippen molar-refractivity contribution < 1.29 is 9.53 Å². The number of benzene rings is 1. The molecule has 140 valence electrons. The van der Waals surface area contributed by atoms with Crippen LogP contribution in [0.2, 0.25) is 0 Å². The highest BCUT2D eigenvalue weighted by atomic mass is 16.5. The van der Waals surface area contributed by atoms with Crippen LogP contribution in [-0.2, 0) is 11.3 Å². The Labute approximate surface area is 155 Å². The van der Waals surface area contributed by atoms with Gasteiger partial charge in [-0.05, 0) is 31.3 Å². The van der Waals surface area contributed by atoms with Crippen LogP contribution >= 0.6 is 0 Å². The molecule has 1 heterocycles. The first kappa shape index (κ1) is 19.9. The summed E-state index contributed by atoms with van der Waals surface area (Å²) < 4.78 is 5.15. The second-order valence-electron chi connectivity index (χ2n) is 6.35. The van der Waals surface area contributed by atoms with Gasteiger partial charge in [-0.1, -0.05) is 36.4 Å². The van der Waals surface area contributed by atoms with Gasteiger partial charge in [0.05, 0.1) is 12.6 Å². The minimum Gasteiger partial charge on any atom is -0.383 e. The Balaban J connectivity index is 2.00. The molecule has 0 aliphatic carbocycles. The van der Waals surface area contributed by atoms with Gasteiger partial charge in [0.25, 0.3) is 0 Å². The fourth-order valence-corrected chi connectivity index (χ4v) is 2.74. The Morgan fingerprint density at radius 2 is 1.96 bits per heavy atom. The Bertz CT molecular complexity index is 649. The summed E-state index contributed by atoms with van der Waals surface area (Å²) in [7, 11) is 5.67. The molecule has 1 unspecified atom stereocenters. The number of methoxy groups -OCH3 is 1. The lowest BCUT2D eigenvalue weighted by atomic mass is 10.1. The smallest absolute Gasteiger partial charge is 0.317 e. The molecule has 1 aromatic heterocycles. The van der Waals surface area contributed by atoms with Crippen LogP contribution in [-0.4, -0.2) is 61.7 Å². The molecule has 0 aliphatic rings. The summed E-state index contributed by atoms with van der Waals surface area (Å²) in [4.78, 5) is 20.7. The molecular formula is C20H28N4O2. The Hall–Kier alpha value is -2.44. The summed E-state index contributed by atoms with van der Waals surface area (Å²) in [6, 6.07) is 14.0. The van der Waals surface area contributed by atoms with E-state index in [-0.39, 0.29) is 12.1 Å². The van der Waals surface area contributed by atoms with E-state index in [1.54, 1.807) is 24.4 Å². The van der Waals surface area contributed by atoms with Crippen molar-refractivity contribution in [1.82, 2.24) is 20.1 Å². The standard InChI is InChI=1S/C20H28N4O2/c1-23(2)19(18-9-5-4-6-10-18)15-22-20(25)24(12-13-26-3)16-17-8-7-11-21-14-17/h4-11,14,19H,12-13,15-16H2,1-3H3,(H,22,25). The number of ether oxygens (including phenoxy) is 1. The molecule has 1 atom stereocenters. The quantitative estimate of drug-likeness (QED) is 0.750. The van der Waals surface area contributed by atoms with Gasteiger partial charge >= 0.3 is 6.03 Å². The molecule has 6 nitrogen and oxygen atoms in total. The summed E-state index contributed by atoms with van der Waals surface area (Å²) in [6.45, 7) is 2.05. The second kappa shape index (κ2) is 10.5. The zero-order valence-corrected chi connectivity index (χ0v) is 15.8. The molecule has 2 amide bonds. The summed E-state index contributed by atoms with van der Waals surface area (Å²) in [5, 5.41) is 3.06. The van der Waals surface area contributed by atoms with Gasteiger partial charge in [-0.25, -0.2) is 4.79 Å². The van der Waals surface area contributed by atoms with Crippen LogP contribution in [0.3, 0.4) is 0 Å². The van der Waals surface area contributed by atoms with Gasteiger partial charge in [0.2, 0.25) is 0 Å². The minimum atomic E-state index is -0.103. The molecule has 1 aromatic carbocycles. The molecule has 26 heavy (non-hydrogen) atoms. The molecule has 6 heteroatoms. The number of likely N-dealkylation sites (N-methyl/N-ethyl adjacent to an activating group) is 1. The van der Waals surface area contributed by atoms with E-state index in [4.69, 9.17) is 4.74 Å². The zero-order valence-electron chi connectivity index (χ0n) is 15.8. The maximum absolute atomic E-state index is 12.7. The van der Waals surface area contributed by atoms with Gasteiger partial charge in [-0.15, -0.1) is 0 Å². The lowest BCUT2D eigenvalue weighted by molar-refractivity contribution is 0.144. The van der Waals surface area contributed by atoms with Gasteiger partial charge in [0.15, 0.2) is 0 Å². The fourth-order valence-electron chi connectivity index (χ4n) is 2.74. The van der Waals surface area contributed by atoms with Crippen molar-refractivity contribution in [2.45, 2.75) is 12.6 Å². The number of aromatic nitrogens is 1. The van der Waals surface area contributed by atoms with Crippen molar-refractivity contribution in [3.63, 3.8) is 0 Å². The molecule has 0 saturated heterocycles. The predicted molar refractivity (Wildman–Crippen MR) is 103 cm³/mol. The minimum absolute atomic E-state index is 0.103. The van der Waals surface area contributed by atoms with Crippen LogP contribution in [0.4, 0.5) is 4.79 Å². The summed E-state index contributed by atoms with van der Waals surface area (Å²) in [5.74, 6) is 0. The number of hydrogen-bond donors (Lipinski definition) is 1. The van der Waals surface area contributed by atoms with Gasteiger partial charge in [0, 0.05) is 39.1 Å². The van der Waals surface area contributed by atoms with E-state index in [9.17, 15) is 4.79 Å². The molecule has 0 bridgehead atoms. The lowest BCUT2D eigenvalue weighted by Crippen LogP contribution is -2.44. The first-order chi connectivity index (χ1) is 12.6. The molecule has 0 aliphatic heterocycles. The van der Waals surface area contributed by atoms with Crippen molar-refractivity contribution in [1.29, 1.82) is 0 Å². The van der Waals surface area contributed by atoms with Crippen molar-refractivity contribution in [2.75, 3.05) is 40.9 Å². The predicted octanol–water partition coefficient (Wildman–Crippen LogP) is 2.54. The number of nitrogens with one attached hydrogen (secondary N) is 1. The molecule has 0 fully saturated rings.